The predicted octanol–water partition coefficient (Wildman–Crippen LogP) is 12.3. The second-order valence-corrected chi connectivity index (χ2v) is 16.2. The first-order valence-corrected chi connectivity index (χ1v) is 18.7. The Bertz CT molecular complexity index is 2390. The van der Waals surface area contributed by atoms with Crippen molar-refractivity contribution in [1.29, 1.82) is 0 Å². The van der Waals surface area contributed by atoms with Gasteiger partial charge in [-0.2, -0.15) is 17.2 Å². The zero-order chi connectivity index (χ0) is 36.9. The number of aryl methyl sites for hydroxylation is 1. The van der Waals surface area contributed by atoms with Gasteiger partial charge in [-0.05, 0) is 81.1 Å². The molecule has 0 saturated carbocycles. The minimum Gasteiger partial charge on any atom is -0.509 e. The Balaban J connectivity index is 0.00000481. The van der Waals surface area contributed by atoms with E-state index in [1.54, 1.807) is 0 Å². The summed E-state index contributed by atoms with van der Waals surface area (Å²) in [4.78, 5) is 4.80. The van der Waals surface area contributed by atoms with Crippen LogP contribution in [0.3, 0.4) is 0 Å². The molecule has 3 heterocycles. The fourth-order valence-corrected chi connectivity index (χ4v) is 7.07. The number of para-hydroxylation sites is 1. The summed E-state index contributed by atoms with van der Waals surface area (Å²) in [5, 5.41) is 7.48. The number of pyridine rings is 1. The minimum atomic E-state index is 0. The summed E-state index contributed by atoms with van der Waals surface area (Å²) >= 11 is 0. The molecule has 4 aromatic carbocycles. The van der Waals surface area contributed by atoms with Gasteiger partial charge in [0.1, 0.15) is 5.82 Å². The molecule has 0 aliphatic carbocycles. The van der Waals surface area contributed by atoms with E-state index in [2.05, 4.69) is 157 Å². The molecule has 0 bridgehead atoms. The summed E-state index contributed by atoms with van der Waals surface area (Å²) in [5.41, 5.74) is 11.5. The standard InChI is InChI=1S/C47H50N4O.Pt/c1-11-40-45(32-24-33(46(5,6)7)27-34(25-32)47(8,9)10)41(12-2)51(49-40)35-16-15-17-36(28-35)52-37-20-21-39-38-18-13-14-19-42(38)50(43(39)29-37)44-26-31(30(3)4)22-23-48-44;/h13-27,30H,11-12H2,1-10H3;/q-2;+2. The summed E-state index contributed by atoms with van der Waals surface area (Å²) < 4.78 is 10.8. The second kappa shape index (κ2) is 14.7. The van der Waals surface area contributed by atoms with Crippen LogP contribution in [-0.2, 0) is 44.7 Å². The van der Waals surface area contributed by atoms with Gasteiger partial charge in [0.05, 0.1) is 5.69 Å². The summed E-state index contributed by atoms with van der Waals surface area (Å²) in [7, 11) is 0. The molecule has 0 spiro atoms. The Morgan fingerprint density at radius 2 is 1.43 bits per heavy atom. The molecule has 0 fully saturated rings. The number of benzene rings is 4. The number of aromatic nitrogens is 4. The number of hydrogen-bond donors (Lipinski definition) is 0. The van der Waals surface area contributed by atoms with Crippen LogP contribution < -0.4 is 4.74 Å². The van der Waals surface area contributed by atoms with Gasteiger partial charge >= 0.3 is 21.1 Å². The maximum absolute atomic E-state index is 6.54. The van der Waals surface area contributed by atoms with E-state index in [1.165, 1.54) is 33.5 Å². The van der Waals surface area contributed by atoms with Gasteiger partial charge in [0.15, 0.2) is 0 Å². The van der Waals surface area contributed by atoms with E-state index in [4.69, 9.17) is 14.8 Å². The molecule has 3 aromatic heterocycles. The van der Waals surface area contributed by atoms with Crippen molar-refractivity contribution in [2.75, 3.05) is 0 Å². The monoisotopic (exact) mass is 881 g/mol. The maximum atomic E-state index is 6.54. The maximum Gasteiger partial charge on any atom is 2.00 e. The predicted molar refractivity (Wildman–Crippen MR) is 216 cm³/mol. The molecule has 7 rings (SSSR count). The van der Waals surface area contributed by atoms with Gasteiger partial charge in [0.2, 0.25) is 0 Å². The van der Waals surface area contributed by atoms with E-state index in [1.807, 2.05) is 24.4 Å². The molecule has 0 saturated heterocycles. The average Bonchev–Trinajstić information content (AvgIpc) is 3.66. The molecule has 0 aliphatic heterocycles. The zero-order valence-corrected chi connectivity index (χ0v) is 34.9. The van der Waals surface area contributed by atoms with Crippen LogP contribution >= 0.6 is 0 Å². The molecule has 274 valence electrons. The van der Waals surface area contributed by atoms with E-state index in [-0.39, 0.29) is 31.9 Å². The molecule has 6 heteroatoms. The number of ether oxygens (including phenoxy) is 1. The first-order valence-electron chi connectivity index (χ1n) is 18.7. The molecule has 5 nitrogen and oxygen atoms in total. The summed E-state index contributed by atoms with van der Waals surface area (Å²) in [5.74, 6) is 2.49. The first kappa shape index (κ1) is 38.3. The van der Waals surface area contributed by atoms with Crippen molar-refractivity contribution in [3.8, 4) is 34.1 Å². The molecule has 0 radical (unpaired) electrons. The van der Waals surface area contributed by atoms with Crippen LogP contribution in [0.15, 0.2) is 91.1 Å². The van der Waals surface area contributed by atoms with E-state index >= 15 is 0 Å². The van der Waals surface area contributed by atoms with Gasteiger partial charge in [-0.25, -0.2) is 4.98 Å². The van der Waals surface area contributed by atoms with Gasteiger partial charge < -0.3 is 9.30 Å². The third kappa shape index (κ3) is 7.38. The summed E-state index contributed by atoms with van der Waals surface area (Å²) in [6.45, 7) is 22.6. The van der Waals surface area contributed by atoms with E-state index in [9.17, 15) is 0 Å². The summed E-state index contributed by atoms with van der Waals surface area (Å²) in [6, 6.07) is 37.1. The molecular formula is C47H50N4OPt. The van der Waals surface area contributed by atoms with Crippen molar-refractivity contribution < 1.29 is 25.8 Å². The second-order valence-electron chi connectivity index (χ2n) is 16.2. The third-order valence-corrected chi connectivity index (χ3v) is 10.1. The molecule has 7 aromatic rings. The van der Waals surface area contributed by atoms with Crippen molar-refractivity contribution in [1.82, 2.24) is 19.3 Å². The molecule has 0 unspecified atom stereocenters. The molecule has 0 aliphatic rings. The molecule has 0 atom stereocenters. The number of fused-ring (bicyclic) bond motifs is 3. The van der Waals surface area contributed by atoms with Crippen molar-refractivity contribution in [2.24, 2.45) is 0 Å². The number of rotatable bonds is 8. The Morgan fingerprint density at radius 1 is 0.736 bits per heavy atom. The van der Waals surface area contributed by atoms with Crippen LogP contribution in [0.4, 0.5) is 0 Å². The topological polar surface area (TPSA) is 44.9 Å². The average molecular weight is 882 g/mol. The van der Waals surface area contributed by atoms with Gasteiger partial charge in [-0.15, -0.1) is 35.7 Å². The third-order valence-electron chi connectivity index (χ3n) is 10.1. The molecule has 0 N–H and O–H groups in total. The quantitative estimate of drug-likeness (QED) is 0.143. The van der Waals surface area contributed by atoms with Crippen molar-refractivity contribution in [3.63, 3.8) is 0 Å². The van der Waals surface area contributed by atoms with E-state index in [0.717, 1.165) is 51.8 Å². The fourth-order valence-electron chi connectivity index (χ4n) is 7.07. The van der Waals surface area contributed by atoms with Crippen LogP contribution in [-0.4, -0.2) is 19.3 Å². The Labute approximate surface area is 329 Å². The molecule has 53 heavy (non-hydrogen) atoms. The van der Waals surface area contributed by atoms with Gasteiger partial charge in [0.25, 0.3) is 0 Å². The fraction of sp³-hybridized carbons (Fsp3) is 0.319. The summed E-state index contributed by atoms with van der Waals surface area (Å²) in [6.07, 6.45) is 3.55. The SMILES string of the molecule is CCc1nn(-c2[c-]c(Oc3[c-]c4c(cc3)c3ccccc3n4-c3cc(C(C)C)ccn3)ccc2)c(CC)c1-c1cc(C(C)(C)C)cc(C(C)(C)C)c1.[Pt+2]. The van der Waals surface area contributed by atoms with Crippen molar-refractivity contribution in [3.05, 3.63) is 131 Å². The molecular weight excluding hydrogens is 832 g/mol. The number of nitrogens with zero attached hydrogens (tertiary/aromatic N) is 4. The van der Waals surface area contributed by atoms with Crippen LogP contribution in [0.25, 0.3) is 44.4 Å². The largest absolute Gasteiger partial charge is 2.00 e. The van der Waals surface area contributed by atoms with Gasteiger partial charge in [0, 0.05) is 34.5 Å². The van der Waals surface area contributed by atoms with Crippen LogP contribution in [0.1, 0.15) is 103 Å². The Hall–Kier alpha value is -4.47. The Kier molecular flexibility index (Phi) is 10.6. The van der Waals surface area contributed by atoms with Gasteiger partial charge in [-0.1, -0.05) is 111 Å². The normalized spacial score (nSPS) is 12.1. The van der Waals surface area contributed by atoms with Crippen molar-refractivity contribution >= 4 is 21.8 Å². The molecule has 0 amide bonds. The van der Waals surface area contributed by atoms with Gasteiger partial charge in [-0.3, -0.25) is 4.68 Å². The van der Waals surface area contributed by atoms with Crippen LogP contribution in [0.5, 0.6) is 11.5 Å². The smallest absolute Gasteiger partial charge is 0.509 e. The first-order chi connectivity index (χ1) is 24.8. The van der Waals surface area contributed by atoms with E-state index in [0.29, 0.717) is 17.4 Å². The zero-order valence-electron chi connectivity index (χ0n) is 32.7. The van der Waals surface area contributed by atoms with Crippen LogP contribution in [0.2, 0.25) is 0 Å². The van der Waals surface area contributed by atoms with Crippen LogP contribution in [0, 0.1) is 12.1 Å². The van der Waals surface area contributed by atoms with Crippen molar-refractivity contribution in [2.45, 2.75) is 98.8 Å². The Morgan fingerprint density at radius 3 is 2.09 bits per heavy atom. The van der Waals surface area contributed by atoms with E-state index < -0.39 is 0 Å². The minimum absolute atomic E-state index is 0. The number of hydrogen-bond acceptors (Lipinski definition) is 3.